The van der Waals surface area contributed by atoms with Gasteiger partial charge in [-0.1, -0.05) is 0 Å². The summed E-state index contributed by atoms with van der Waals surface area (Å²) in [5.74, 6) is 3.14. The van der Waals surface area contributed by atoms with E-state index in [1.165, 1.54) is 38.9 Å². The molecule has 3 atom stereocenters. The third-order valence-corrected chi connectivity index (χ3v) is 6.42. The molecule has 1 aromatic carbocycles. The Labute approximate surface area is 179 Å². The highest BCUT2D eigenvalue weighted by atomic mass is 16.5. The van der Waals surface area contributed by atoms with Crippen LogP contribution in [0.15, 0.2) is 24.3 Å². The van der Waals surface area contributed by atoms with E-state index in [0.717, 1.165) is 37.4 Å². The van der Waals surface area contributed by atoms with Crippen molar-refractivity contribution in [1.82, 2.24) is 20.4 Å². The molecule has 3 fully saturated rings. The number of fused-ring (bicyclic) bond motifs is 2. The van der Waals surface area contributed by atoms with Gasteiger partial charge in [0.1, 0.15) is 12.4 Å². The largest absolute Gasteiger partial charge is 0.491 e. The number of likely N-dealkylation sites (tertiary alicyclic amines) is 2. The number of hydrogen-bond acceptors (Lipinski definition) is 5. The number of nitriles is 1. The first kappa shape index (κ1) is 21.0. The number of nitrogens with zero attached hydrogens (tertiary/aromatic N) is 3. The fourth-order valence-electron chi connectivity index (χ4n) is 4.99. The summed E-state index contributed by atoms with van der Waals surface area (Å²) < 4.78 is 5.93. The first-order valence-corrected chi connectivity index (χ1v) is 11.2. The summed E-state index contributed by atoms with van der Waals surface area (Å²) in [6.45, 7) is 7.13. The smallest absolute Gasteiger partial charge is 0.314 e. The second-order valence-corrected chi connectivity index (χ2v) is 9.22. The zero-order chi connectivity index (χ0) is 20.9. The summed E-state index contributed by atoms with van der Waals surface area (Å²) in [5.41, 5.74) is 0.609. The summed E-state index contributed by atoms with van der Waals surface area (Å²) in [6.07, 6.45) is 4.18. The van der Waals surface area contributed by atoms with Crippen LogP contribution in [0, 0.1) is 29.1 Å². The summed E-state index contributed by atoms with van der Waals surface area (Å²) >= 11 is 0. The van der Waals surface area contributed by atoms with Crippen LogP contribution < -0.4 is 15.4 Å². The standard InChI is InChI=1S/C23H33N5O2/c1-25-23(29)26-21(16-30-22-6-4-17(9-24)5-7-22)15-28-13-19-8-20(14-28)12-27(11-19)10-18-2-3-18/h4-7,18-21H,2-3,8,10-16H2,1H3,(H2,25,26,29). The molecule has 2 amide bonds. The van der Waals surface area contributed by atoms with Crippen molar-refractivity contribution in [3.63, 3.8) is 0 Å². The molecule has 2 N–H and O–H groups in total. The topological polar surface area (TPSA) is 80.6 Å². The molecule has 2 aliphatic heterocycles. The lowest BCUT2D eigenvalue weighted by Crippen LogP contribution is -2.56. The van der Waals surface area contributed by atoms with Gasteiger partial charge in [-0.2, -0.15) is 5.26 Å². The fourth-order valence-corrected chi connectivity index (χ4v) is 4.99. The van der Waals surface area contributed by atoms with Gasteiger partial charge in [0, 0.05) is 46.3 Å². The van der Waals surface area contributed by atoms with E-state index in [1.54, 1.807) is 31.3 Å². The van der Waals surface area contributed by atoms with Crippen LogP contribution >= 0.6 is 0 Å². The Morgan fingerprint density at radius 1 is 1.17 bits per heavy atom. The Balaban J connectivity index is 1.31. The van der Waals surface area contributed by atoms with Gasteiger partial charge in [-0.3, -0.25) is 0 Å². The molecule has 2 saturated heterocycles. The maximum Gasteiger partial charge on any atom is 0.314 e. The van der Waals surface area contributed by atoms with Gasteiger partial charge in [-0.25, -0.2) is 4.79 Å². The molecule has 7 nitrogen and oxygen atoms in total. The average Bonchev–Trinajstić information content (AvgIpc) is 3.55. The molecule has 162 valence electrons. The minimum atomic E-state index is -0.184. The van der Waals surface area contributed by atoms with Crippen molar-refractivity contribution in [2.45, 2.75) is 25.3 Å². The van der Waals surface area contributed by atoms with E-state index in [2.05, 4.69) is 26.5 Å². The molecule has 2 bridgehead atoms. The monoisotopic (exact) mass is 411 g/mol. The molecule has 30 heavy (non-hydrogen) atoms. The molecular formula is C23H33N5O2. The van der Waals surface area contributed by atoms with Crippen molar-refractivity contribution < 1.29 is 9.53 Å². The van der Waals surface area contributed by atoms with Crippen molar-refractivity contribution in [1.29, 1.82) is 5.26 Å². The second kappa shape index (κ2) is 9.67. The van der Waals surface area contributed by atoms with Crippen molar-refractivity contribution in [2.24, 2.45) is 17.8 Å². The Hall–Kier alpha value is -2.30. The van der Waals surface area contributed by atoms with Crippen molar-refractivity contribution in [2.75, 3.05) is 52.9 Å². The number of ether oxygens (including phenoxy) is 1. The number of rotatable bonds is 8. The van der Waals surface area contributed by atoms with E-state index in [4.69, 9.17) is 10.00 Å². The van der Waals surface area contributed by atoms with Crippen molar-refractivity contribution in [3.05, 3.63) is 29.8 Å². The number of piperidine rings is 2. The molecule has 3 aliphatic rings. The summed E-state index contributed by atoms with van der Waals surface area (Å²) in [6, 6.07) is 8.93. The second-order valence-electron chi connectivity index (χ2n) is 9.22. The van der Waals surface area contributed by atoms with E-state index < -0.39 is 0 Å². The lowest BCUT2D eigenvalue weighted by Gasteiger charge is -2.46. The van der Waals surface area contributed by atoms with Crippen LogP contribution in [0.25, 0.3) is 0 Å². The third-order valence-electron chi connectivity index (χ3n) is 6.42. The van der Waals surface area contributed by atoms with Crippen LogP contribution in [0.1, 0.15) is 24.8 Å². The summed E-state index contributed by atoms with van der Waals surface area (Å²) in [5, 5.41) is 14.6. The maximum absolute atomic E-state index is 12.0. The van der Waals surface area contributed by atoms with Crippen LogP contribution in [0.5, 0.6) is 5.75 Å². The highest BCUT2D eigenvalue weighted by molar-refractivity contribution is 5.73. The van der Waals surface area contributed by atoms with Crippen LogP contribution in [0.4, 0.5) is 4.79 Å². The van der Waals surface area contributed by atoms with Crippen LogP contribution in [0.3, 0.4) is 0 Å². The molecule has 7 heteroatoms. The Kier molecular flexibility index (Phi) is 6.76. The molecular weight excluding hydrogens is 378 g/mol. The van der Waals surface area contributed by atoms with E-state index in [-0.39, 0.29) is 12.1 Å². The maximum atomic E-state index is 12.0. The van der Waals surface area contributed by atoms with E-state index in [0.29, 0.717) is 17.9 Å². The number of carbonyl (C=O) groups is 1. The lowest BCUT2D eigenvalue weighted by atomic mass is 9.84. The zero-order valence-electron chi connectivity index (χ0n) is 17.8. The number of benzene rings is 1. The number of nitrogens with one attached hydrogen (secondary N) is 2. The van der Waals surface area contributed by atoms with Gasteiger partial charge >= 0.3 is 6.03 Å². The van der Waals surface area contributed by atoms with Gasteiger partial charge < -0.3 is 25.2 Å². The molecule has 1 aliphatic carbocycles. The van der Waals surface area contributed by atoms with Crippen molar-refractivity contribution in [3.8, 4) is 11.8 Å². The van der Waals surface area contributed by atoms with Crippen molar-refractivity contribution >= 4 is 6.03 Å². The van der Waals surface area contributed by atoms with Crippen LogP contribution in [-0.2, 0) is 0 Å². The van der Waals surface area contributed by atoms with Gasteiger partial charge in [0.25, 0.3) is 0 Å². The Morgan fingerprint density at radius 3 is 2.43 bits per heavy atom. The fraction of sp³-hybridized carbons (Fsp3) is 0.652. The molecule has 0 aromatic heterocycles. The average molecular weight is 412 g/mol. The first-order valence-electron chi connectivity index (χ1n) is 11.2. The Morgan fingerprint density at radius 2 is 1.83 bits per heavy atom. The van der Waals surface area contributed by atoms with Crippen LogP contribution in [-0.4, -0.2) is 74.8 Å². The van der Waals surface area contributed by atoms with E-state index in [1.807, 2.05) is 0 Å². The number of carbonyl (C=O) groups excluding carboxylic acids is 1. The third kappa shape index (κ3) is 5.87. The summed E-state index contributed by atoms with van der Waals surface area (Å²) in [7, 11) is 1.63. The first-order chi connectivity index (χ1) is 14.6. The molecule has 3 unspecified atom stereocenters. The molecule has 0 spiro atoms. The SMILES string of the molecule is CNC(=O)NC(COc1ccc(C#N)cc1)CN1CC2CC(CN(CC3CC3)C2)C1. The number of hydrogen-bond donors (Lipinski definition) is 2. The Bertz CT molecular complexity index is 744. The molecule has 2 heterocycles. The minimum Gasteiger partial charge on any atom is -0.491 e. The highest BCUT2D eigenvalue weighted by Crippen LogP contribution is 2.34. The predicted molar refractivity (Wildman–Crippen MR) is 115 cm³/mol. The van der Waals surface area contributed by atoms with Gasteiger partial charge in [0.2, 0.25) is 0 Å². The molecule has 1 saturated carbocycles. The number of amides is 2. The van der Waals surface area contributed by atoms with Gasteiger partial charge in [0.05, 0.1) is 17.7 Å². The molecule has 4 rings (SSSR count). The summed E-state index contributed by atoms with van der Waals surface area (Å²) in [4.78, 5) is 17.2. The van der Waals surface area contributed by atoms with E-state index in [9.17, 15) is 4.79 Å². The lowest BCUT2D eigenvalue weighted by molar-refractivity contribution is 0.0234. The minimum absolute atomic E-state index is 0.0954. The van der Waals surface area contributed by atoms with Crippen LogP contribution in [0.2, 0.25) is 0 Å². The highest BCUT2D eigenvalue weighted by Gasteiger charge is 2.36. The molecule has 0 radical (unpaired) electrons. The predicted octanol–water partition coefficient (Wildman–Crippen LogP) is 1.90. The normalized spacial score (nSPS) is 25.2. The van der Waals surface area contributed by atoms with Gasteiger partial charge in [-0.05, 0) is 61.3 Å². The zero-order valence-corrected chi connectivity index (χ0v) is 17.8. The quantitative estimate of drug-likeness (QED) is 0.683. The number of urea groups is 1. The van der Waals surface area contributed by atoms with Gasteiger partial charge in [-0.15, -0.1) is 0 Å². The van der Waals surface area contributed by atoms with Gasteiger partial charge in [0.15, 0.2) is 0 Å². The molecule has 1 aromatic rings. The van der Waals surface area contributed by atoms with E-state index >= 15 is 0 Å².